The zero-order chi connectivity index (χ0) is 16.2. The molecule has 3 nitrogen and oxygen atoms in total. The van der Waals surface area contributed by atoms with Crippen LogP contribution in [0, 0.1) is 6.92 Å². The summed E-state index contributed by atoms with van der Waals surface area (Å²) in [5, 5.41) is 0. The number of carbonyl (C=O) groups excluding carboxylic acids is 1. The fourth-order valence-corrected chi connectivity index (χ4v) is 3.35. The van der Waals surface area contributed by atoms with E-state index in [1.807, 2.05) is 29.2 Å². The van der Waals surface area contributed by atoms with Crippen molar-refractivity contribution in [1.29, 1.82) is 0 Å². The number of aryl methyl sites for hydroxylation is 1. The minimum Gasteiger partial charge on any atom is -0.497 e. The number of hydrogen-bond acceptors (Lipinski definition) is 2. The van der Waals surface area contributed by atoms with Gasteiger partial charge in [0.25, 0.3) is 0 Å². The Balaban J connectivity index is 1.75. The van der Waals surface area contributed by atoms with E-state index in [0.717, 1.165) is 30.7 Å². The van der Waals surface area contributed by atoms with Gasteiger partial charge in [-0.2, -0.15) is 0 Å². The van der Waals surface area contributed by atoms with Gasteiger partial charge in [-0.1, -0.05) is 42.0 Å². The minimum absolute atomic E-state index is 0.197. The van der Waals surface area contributed by atoms with E-state index in [1.54, 1.807) is 7.11 Å². The highest BCUT2D eigenvalue weighted by atomic mass is 16.5. The standard InChI is InChI=1S/C20H23NO2/c1-15-6-3-8-17(12-15)19-10-5-11-21(19)20(22)14-16-7-4-9-18(13-16)23-2/h3-4,6-9,12-13,19H,5,10-11,14H2,1-2H3. The van der Waals surface area contributed by atoms with Crippen molar-refractivity contribution in [2.75, 3.05) is 13.7 Å². The van der Waals surface area contributed by atoms with Crippen LogP contribution in [-0.2, 0) is 11.2 Å². The van der Waals surface area contributed by atoms with E-state index in [2.05, 4.69) is 31.2 Å². The molecule has 0 aliphatic carbocycles. The van der Waals surface area contributed by atoms with Crippen LogP contribution in [-0.4, -0.2) is 24.5 Å². The second kappa shape index (κ2) is 6.86. The van der Waals surface area contributed by atoms with E-state index in [1.165, 1.54) is 11.1 Å². The van der Waals surface area contributed by atoms with Gasteiger partial charge in [-0.25, -0.2) is 0 Å². The summed E-state index contributed by atoms with van der Waals surface area (Å²) in [7, 11) is 1.65. The first-order valence-electron chi connectivity index (χ1n) is 8.16. The van der Waals surface area contributed by atoms with E-state index in [-0.39, 0.29) is 11.9 Å². The van der Waals surface area contributed by atoms with Crippen LogP contribution in [0.2, 0.25) is 0 Å². The molecule has 2 aromatic rings. The van der Waals surface area contributed by atoms with Gasteiger partial charge in [0.2, 0.25) is 5.91 Å². The molecule has 3 heteroatoms. The normalized spacial score (nSPS) is 17.3. The van der Waals surface area contributed by atoms with Gasteiger partial charge in [-0.05, 0) is 43.0 Å². The molecule has 0 saturated carbocycles. The predicted octanol–water partition coefficient (Wildman–Crippen LogP) is 3.91. The topological polar surface area (TPSA) is 29.5 Å². The molecule has 0 radical (unpaired) electrons. The molecule has 1 saturated heterocycles. The Morgan fingerprint density at radius 2 is 2.04 bits per heavy atom. The molecule has 1 unspecified atom stereocenters. The maximum atomic E-state index is 12.8. The largest absolute Gasteiger partial charge is 0.497 e. The molecule has 120 valence electrons. The highest BCUT2D eigenvalue weighted by Crippen LogP contribution is 2.32. The van der Waals surface area contributed by atoms with Crippen LogP contribution in [0.3, 0.4) is 0 Å². The average Bonchev–Trinajstić information content (AvgIpc) is 3.05. The molecule has 1 aliphatic heterocycles. The summed E-state index contributed by atoms with van der Waals surface area (Å²) in [6.45, 7) is 2.95. The molecule has 1 fully saturated rings. The number of likely N-dealkylation sites (tertiary alicyclic amines) is 1. The first kappa shape index (κ1) is 15.6. The Morgan fingerprint density at radius 1 is 1.22 bits per heavy atom. The molecular formula is C20H23NO2. The Bertz CT molecular complexity index is 696. The summed E-state index contributed by atoms with van der Waals surface area (Å²) in [4.78, 5) is 14.8. The third-order valence-electron chi connectivity index (χ3n) is 4.49. The lowest BCUT2D eigenvalue weighted by molar-refractivity contribution is -0.131. The highest BCUT2D eigenvalue weighted by Gasteiger charge is 2.29. The summed E-state index contributed by atoms with van der Waals surface area (Å²) in [6.07, 6.45) is 2.55. The van der Waals surface area contributed by atoms with Gasteiger partial charge in [0.1, 0.15) is 5.75 Å². The zero-order valence-corrected chi connectivity index (χ0v) is 13.8. The van der Waals surface area contributed by atoms with E-state index < -0.39 is 0 Å². The second-order valence-corrected chi connectivity index (χ2v) is 6.19. The predicted molar refractivity (Wildman–Crippen MR) is 91.6 cm³/mol. The smallest absolute Gasteiger partial charge is 0.227 e. The first-order chi connectivity index (χ1) is 11.2. The summed E-state index contributed by atoms with van der Waals surface area (Å²) in [6, 6.07) is 16.5. The number of rotatable bonds is 4. The van der Waals surface area contributed by atoms with Gasteiger partial charge in [-0.15, -0.1) is 0 Å². The van der Waals surface area contributed by atoms with Crippen LogP contribution in [0.15, 0.2) is 48.5 Å². The van der Waals surface area contributed by atoms with Crippen molar-refractivity contribution in [2.24, 2.45) is 0 Å². The van der Waals surface area contributed by atoms with E-state index in [9.17, 15) is 4.79 Å². The van der Waals surface area contributed by atoms with Crippen LogP contribution >= 0.6 is 0 Å². The molecular weight excluding hydrogens is 286 g/mol. The van der Waals surface area contributed by atoms with Gasteiger partial charge >= 0.3 is 0 Å². The Hall–Kier alpha value is -2.29. The van der Waals surface area contributed by atoms with E-state index in [0.29, 0.717) is 6.42 Å². The van der Waals surface area contributed by atoms with Gasteiger partial charge in [0, 0.05) is 6.54 Å². The lowest BCUT2D eigenvalue weighted by Gasteiger charge is -2.25. The van der Waals surface area contributed by atoms with Crippen LogP contribution in [0.4, 0.5) is 0 Å². The molecule has 0 N–H and O–H groups in total. The summed E-state index contributed by atoms with van der Waals surface area (Å²) in [5.41, 5.74) is 3.50. The van der Waals surface area contributed by atoms with Crippen molar-refractivity contribution in [3.63, 3.8) is 0 Å². The molecule has 0 bridgehead atoms. The van der Waals surface area contributed by atoms with Gasteiger partial charge < -0.3 is 9.64 Å². The first-order valence-corrected chi connectivity index (χ1v) is 8.16. The van der Waals surface area contributed by atoms with Crippen molar-refractivity contribution in [2.45, 2.75) is 32.2 Å². The molecule has 1 aliphatic rings. The summed E-state index contributed by atoms with van der Waals surface area (Å²) >= 11 is 0. The molecule has 0 spiro atoms. The maximum Gasteiger partial charge on any atom is 0.227 e. The van der Waals surface area contributed by atoms with Crippen molar-refractivity contribution in [3.8, 4) is 5.75 Å². The molecule has 2 aromatic carbocycles. The molecule has 1 atom stereocenters. The number of nitrogens with zero attached hydrogens (tertiary/aromatic N) is 1. The average molecular weight is 309 g/mol. The van der Waals surface area contributed by atoms with Gasteiger partial charge in [0.15, 0.2) is 0 Å². The van der Waals surface area contributed by atoms with E-state index >= 15 is 0 Å². The van der Waals surface area contributed by atoms with Gasteiger partial charge in [-0.3, -0.25) is 4.79 Å². The van der Waals surface area contributed by atoms with Gasteiger partial charge in [0.05, 0.1) is 19.6 Å². The molecule has 1 heterocycles. The minimum atomic E-state index is 0.197. The number of hydrogen-bond donors (Lipinski definition) is 0. The monoisotopic (exact) mass is 309 g/mol. The number of methoxy groups -OCH3 is 1. The molecule has 1 amide bonds. The third-order valence-corrected chi connectivity index (χ3v) is 4.49. The van der Waals surface area contributed by atoms with Crippen molar-refractivity contribution >= 4 is 5.91 Å². The highest BCUT2D eigenvalue weighted by molar-refractivity contribution is 5.79. The zero-order valence-electron chi connectivity index (χ0n) is 13.8. The molecule has 0 aromatic heterocycles. The summed E-state index contributed by atoms with van der Waals surface area (Å²) in [5.74, 6) is 0.995. The number of ether oxygens (including phenoxy) is 1. The Labute approximate surface area is 137 Å². The number of amides is 1. The Morgan fingerprint density at radius 3 is 2.83 bits per heavy atom. The van der Waals surface area contributed by atoms with Crippen LogP contribution in [0.25, 0.3) is 0 Å². The van der Waals surface area contributed by atoms with Crippen LogP contribution in [0.5, 0.6) is 5.75 Å². The molecule has 23 heavy (non-hydrogen) atoms. The van der Waals surface area contributed by atoms with Crippen LogP contribution < -0.4 is 4.74 Å². The second-order valence-electron chi connectivity index (χ2n) is 6.19. The fourth-order valence-electron chi connectivity index (χ4n) is 3.35. The quantitative estimate of drug-likeness (QED) is 0.857. The van der Waals surface area contributed by atoms with Crippen molar-refractivity contribution in [1.82, 2.24) is 4.90 Å². The lowest BCUT2D eigenvalue weighted by Crippen LogP contribution is -2.31. The van der Waals surface area contributed by atoms with Crippen molar-refractivity contribution in [3.05, 3.63) is 65.2 Å². The fraction of sp³-hybridized carbons (Fsp3) is 0.350. The molecule has 3 rings (SSSR count). The van der Waals surface area contributed by atoms with Crippen LogP contribution in [0.1, 0.15) is 35.6 Å². The van der Waals surface area contributed by atoms with Crippen molar-refractivity contribution < 1.29 is 9.53 Å². The third kappa shape index (κ3) is 3.55. The maximum absolute atomic E-state index is 12.8. The van der Waals surface area contributed by atoms with E-state index in [4.69, 9.17) is 4.74 Å². The Kier molecular flexibility index (Phi) is 4.65. The number of carbonyl (C=O) groups is 1. The number of benzene rings is 2. The lowest BCUT2D eigenvalue weighted by atomic mass is 10.0. The SMILES string of the molecule is COc1cccc(CC(=O)N2CCCC2c2cccc(C)c2)c1. The summed E-state index contributed by atoms with van der Waals surface area (Å²) < 4.78 is 5.24.